The minimum Gasteiger partial charge on any atom is -0.465 e. The van der Waals surface area contributed by atoms with Crippen molar-refractivity contribution in [2.45, 2.75) is 27.7 Å². The zero-order chi connectivity index (χ0) is 17.7. The van der Waals surface area contributed by atoms with Crippen LogP contribution < -0.4 is 5.73 Å². The van der Waals surface area contributed by atoms with Crippen LogP contribution in [0.2, 0.25) is 0 Å². The van der Waals surface area contributed by atoms with E-state index < -0.39 is 10.9 Å². The lowest BCUT2D eigenvalue weighted by Crippen LogP contribution is -2.39. The first kappa shape index (κ1) is 21.9. The molecule has 8 heteroatoms. The monoisotopic (exact) mass is 314 g/mol. The first-order valence-electron chi connectivity index (χ1n) is 6.85. The molecule has 0 saturated carbocycles. The molecule has 0 amide bonds. The van der Waals surface area contributed by atoms with Gasteiger partial charge in [0.15, 0.2) is 0 Å². The molecule has 2 N–H and O–H groups in total. The average Bonchev–Trinajstić information content (AvgIpc) is 2.42. The fraction of sp³-hybridized carbons (Fsp3) is 0.571. The Morgan fingerprint density at radius 2 is 2.00 bits per heavy atom. The van der Waals surface area contributed by atoms with E-state index in [1.807, 2.05) is 6.92 Å². The van der Waals surface area contributed by atoms with Gasteiger partial charge in [0.25, 0.3) is 0 Å². The van der Waals surface area contributed by atoms with Crippen molar-refractivity contribution in [1.29, 1.82) is 0 Å². The molecule has 0 aliphatic carbocycles. The van der Waals surface area contributed by atoms with Crippen LogP contribution in [0.25, 0.3) is 0 Å². The smallest absolute Gasteiger partial charge is 0.329 e. The Balaban J connectivity index is 0. The maximum Gasteiger partial charge on any atom is 0.329 e. The molecular weight excluding hydrogens is 288 g/mol. The summed E-state index contributed by atoms with van der Waals surface area (Å²) < 4.78 is 4.82. The number of rotatable bonds is 6. The lowest BCUT2D eigenvalue weighted by atomic mass is 10.3. The van der Waals surface area contributed by atoms with Crippen LogP contribution in [0, 0.1) is 10.1 Å². The summed E-state index contributed by atoms with van der Waals surface area (Å²) in [5.41, 5.74) is 5.25. The van der Waals surface area contributed by atoms with Crippen LogP contribution >= 0.6 is 0 Å². The summed E-state index contributed by atoms with van der Waals surface area (Å²) in [5, 5.41) is 11.0. The number of nitrogens with two attached hydrogens (primary N) is 1. The molecule has 0 heterocycles. The van der Waals surface area contributed by atoms with Gasteiger partial charge in [-0.3, -0.25) is 19.9 Å². The van der Waals surface area contributed by atoms with Crippen LogP contribution in [0.5, 0.6) is 0 Å². The van der Waals surface area contributed by atoms with E-state index in [4.69, 9.17) is 10.5 Å². The minimum absolute atomic E-state index is 0.0351. The molecule has 0 fully saturated rings. The molecule has 0 unspecified atom stereocenters. The molecule has 0 aromatic carbocycles. The molecule has 0 aliphatic heterocycles. The number of esters is 1. The second-order valence-corrected chi connectivity index (χ2v) is 4.06. The van der Waals surface area contributed by atoms with Crippen molar-refractivity contribution in [3.05, 3.63) is 34.2 Å². The second kappa shape index (κ2) is 12.4. The van der Waals surface area contributed by atoms with Gasteiger partial charge in [-0.05, 0) is 27.7 Å². The minimum atomic E-state index is -0.606. The fourth-order valence-corrected chi connectivity index (χ4v) is 1.50. The zero-order valence-electron chi connectivity index (χ0n) is 14.0. The Hall–Kier alpha value is -2.38. The highest BCUT2D eigenvalue weighted by molar-refractivity contribution is 5.98. The Bertz CT molecular complexity index is 440. The number of nitro groups is 1. The van der Waals surface area contributed by atoms with Crippen LogP contribution in [-0.4, -0.2) is 48.4 Å². The number of allylic oxidation sites excluding steroid dienone is 2. The third kappa shape index (κ3) is 8.03. The van der Waals surface area contributed by atoms with Gasteiger partial charge in [0.1, 0.15) is 6.54 Å². The Labute approximate surface area is 131 Å². The van der Waals surface area contributed by atoms with E-state index in [2.05, 4.69) is 11.6 Å². The third-order valence-electron chi connectivity index (χ3n) is 2.29. The van der Waals surface area contributed by atoms with Gasteiger partial charge >= 0.3 is 11.7 Å². The molecule has 126 valence electrons. The molecule has 0 bridgehead atoms. The first-order valence-corrected chi connectivity index (χ1v) is 6.85. The molecule has 0 aromatic rings. The van der Waals surface area contributed by atoms with Crippen molar-refractivity contribution in [1.82, 2.24) is 4.90 Å². The van der Waals surface area contributed by atoms with Crippen molar-refractivity contribution in [3.63, 3.8) is 0 Å². The van der Waals surface area contributed by atoms with Gasteiger partial charge in [0.05, 0.1) is 17.2 Å². The van der Waals surface area contributed by atoms with E-state index >= 15 is 0 Å². The van der Waals surface area contributed by atoms with Gasteiger partial charge in [-0.2, -0.15) is 0 Å². The summed E-state index contributed by atoms with van der Waals surface area (Å²) in [6.45, 7) is 10.6. The number of hydrogen-bond donors (Lipinski definition) is 1. The maximum absolute atomic E-state index is 11.5. The van der Waals surface area contributed by atoms with Crippen molar-refractivity contribution in [2.24, 2.45) is 10.7 Å². The number of carbonyl (C=O) groups excluding carboxylic acids is 1. The first-order chi connectivity index (χ1) is 10.3. The highest BCUT2D eigenvalue weighted by Gasteiger charge is 2.27. The van der Waals surface area contributed by atoms with Crippen LogP contribution in [0.3, 0.4) is 0 Å². The van der Waals surface area contributed by atoms with Gasteiger partial charge in [-0.15, -0.1) is 6.58 Å². The Kier molecular flexibility index (Phi) is 12.3. The van der Waals surface area contributed by atoms with E-state index in [9.17, 15) is 14.9 Å². The molecule has 0 aromatic heterocycles. The SMILES string of the molecule is C=CC.CCOC(=O)CN(CC)C(=NC)/C(=C(\C)N)[N+](=O)[O-]. The molecule has 0 radical (unpaired) electrons. The third-order valence-corrected chi connectivity index (χ3v) is 2.29. The second-order valence-electron chi connectivity index (χ2n) is 4.06. The summed E-state index contributed by atoms with van der Waals surface area (Å²) in [5.74, 6) is -0.400. The average molecular weight is 314 g/mol. The van der Waals surface area contributed by atoms with Crippen molar-refractivity contribution in [2.75, 3.05) is 26.7 Å². The van der Waals surface area contributed by atoms with Crippen LogP contribution in [-0.2, 0) is 9.53 Å². The Morgan fingerprint density at radius 1 is 1.50 bits per heavy atom. The van der Waals surface area contributed by atoms with Gasteiger partial charge in [-0.1, -0.05) is 6.08 Å². The standard InChI is InChI=1S/C11H20N4O4.C3H6/c1-5-14(7-9(16)19-6-2)11(13-4)10(8(3)12)15(17)18;1-3-2/h5-7,12H2,1-4H3;3H,1H2,2H3/b10-8-,13-11?;. The van der Waals surface area contributed by atoms with Crippen molar-refractivity contribution in [3.8, 4) is 0 Å². The van der Waals surface area contributed by atoms with E-state index in [0.29, 0.717) is 6.54 Å². The van der Waals surface area contributed by atoms with Gasteiger partial charge in [-0.25, -0.2) is 0 Å². The van der Waals surface area contributed by atoms with Crippen LogP contribution in [0.4, 0.5) is 0 Å². The molecule has 22 heavy (non-hydrogen) atoms. The normalized spacial score (nSPS) is 11.6. The quantitative estimate of drug-likeness (QED) is 0.199. The topological polar surface area (TPSA) is 111 Å². The van der Waals surface area contributed by atoms with Crippen molar-refractivity contribution < 1.29 is 14.5 Å². The number of amidine groups is 1. The fourth-order valence-electron chi connectivity index (χ4n) is 1.50. The number of carbonyl (C=O) groups is 1. The van der Waals surface area contributed by atoms with E-state index in [0.717, 1.165) is 0 Å². The maximum atomic E-state index is 11.5. The molecule has 0 aliphatic rings. The van der Waals surface area contributed by atoms with Gasteiger partial charge in [0.2, 0.25) is 5.84 Å². The molecule has 0 spiro atoms. The van der Waals surface area contributed by atoms with E-state index in [1.54, 1.807) is 19.9 Å². The van der Waals surface area contributed by atoms with Gasteiger partial charge in [0, 0.05) is 13.6 Å². The van der Waals surface area contributed by atoms with E-state index in [-0.39, 0.29) is 30.4 Å². The van der Waals surface area contributed by atoms with Crippen LogP contribution in [0.1, 0.15) is 27.7 Å². The summed E-state index contributed by atoms with van der Waals surface area (Å²) in [4.78, 5) is 27.2. The molecule has 0 saturated heterocycles. The molecule has 8 nitrogen and oxygen atoms in total. The predicted molar refractivity (Wildman–Crippen MR) is 87.0 cm³/mol. The zero-order valence-corrected chi connectivity index (χ0v) is 14.0. The highest BCUT2D eigenvalue weighted by atomic mass is 16.6. The van der Waals surface area contributed by atoms with Gasteiger partial charge < -0.3 is 15.4 Å². The molecular formula is C14H26N4O4. The number of likely N-dealkylation sites (N-methyl/N-ethyl adjacent to an activating group) is 1. The predicted octanol–water partition coefficient (Wildman–Crippen LogP) is 1.56. The van der Waals surface area contributed by atoms with Crippen LogP contribution in [0.15, 0.2) is 29.0 Å². The lowest BCUT2D eigenvalue weighted by molar-refractivity contribution is -0.417. The van der Waals surface area contributed by atoms with E-state index in [1.165, 1.54) is 18.9 Å². The number of nitrogens with zero attached hydrogens (tertiary/aromatic N) is 3. The number of ether oxygens (including phenoxy) is 1. The summed E-state index contributed by atoms with van der Waals surface area (Å²) >= 11 is 0. The Morgan fingerprint density at radius 3 is 2.27 bits per heavy atom. The molecule has 0 atom stereocenters. The summed E-state index contributed by atoms with van der Waals surface area (Å²) in [6.07, 6.45) is 1.75. The summed E-state index contributed by atoms with van der Waals surface area (Å²) in [7, 11) is 1.41. The highest BCUT2D eigenvalue weighted by Crippen LogP contribution is 2.08. The summed E-state index contributed by atoms with van der Waals surface area (Å²) in [6, 6.07) is 0. The largest absolute Gasteiger partial charge is 0.465 e. The number of hydrogen-bond acceptors (Lipinski definition) is 6. The lowest BCUT2D eigenvalue weighted by Gasteiger charge is -2.21. The number of aliphatic imine (C=N–C) groups is 1. The van der Waals surface area contributed by atoms with Crippen molar-refractivity contribution >= 4 is 11.8 Å². The molecule has 0 rings (SSSR count).